The molecule has 2 unspecified atom stereocenters. The highest BCUT2D eigenvalue weighted by atomic mass is 16.2. The van der Waals surface area contributed by atoms with Gasteiger partial charge >= 0.3 is 0 Å². The Morgan fingerprint density at radius 1 is 1.07 bits per heavy atom. The van der Waals surface area contributed by atoms with Crippen LogP contribution in [0.1, 0.15) is 53.7 Å². The van der Waals surface area contributed by atoms with Gasteiger partial charge < -0.3 is 15.1 Å². The quantitative estimate of drug-likeness (QED) is 0.894. The first-order valence-corrected chi connectivity index (χ1v) is 10.1. The second-order valence-corrected chi connectivity index (χ2v) is 8.18. The molecular formula is C23H25N3O2. The molecule has 5 heteroatoms. The van der Waals surface area contributed by atoms with Crippen LogP contribution in [0.25, 0.3) is 0 Å². The van der Waals surface area contributed by atoms with Crippen molar-refractivity contribution in [2.75, 3.05) is 16.8 Å². The molecule has 1 fully saturated rings. The molecule has 2 atom stereocenters. The van der Waals surface area contributed by atoms with Gasteiger partial charge in [0, 0.05) is 18.7 Å². The van der Waals surface area contributed by atoms with E-state index in [1.807, 2.05) is 38.2 Å². The highest BCUT2D eigenvalue weighted by Crippen LogP contribution is 2.42. The lowest BCUT2D eigenvalue weighted by molar-refractivity contribution is -0.119. The molecule has 0 spiro atoms. The minimum Gasteiger partial charge on any atom is -0.355 e. The van der Waals surface area contributed by atoms with Crippen LogP contribution < -0.4 is 15.1 Å². The number of aryl methyl sites for hydroxylation is 1. The topological polar surface area (TPSA) is 52.7 Å². The van der Waals surface area contributed by atoms with Crippen molar-refractivity contribution in [1.29, 1.82) is 0 Å². The molecule has 0 bridgehead atoms. The molecule has 144 valence electrons. The fourth-order valence-corrected chi connectivity index (χ4v) is 4.70. The van der Waals surface area contributed by atoms with Crippen molar-refractivity contribution < 1.29 is 9.59 Å². The number of carbonyl (C=O) groups is 2. The first-order chi connectivity index (χ1) is 13.5. The molecule has 28 heavy (non-hydrogen) atoms. The normalized spacial score (nSPS) is 23.4. The lowest BCUT2D eigenvalue weighted by Gasteiger charge is -2.40. The van der Waals surface area contributed by atoms with E-state index in [1.165, 1.54) is 11.1 Å². The molecule has 1 N–H and O–H groups in total. The van der Waals surface area contributed by atoms with Crippen molar-refractivity contribution in [3.05, 3.63) is 59.2 Å². The molecule has 2 amide bonds. The van der Waals surface area contributed by atoms with Crippen LogP contribution in [0.15, 0.2) is 42.5 Å². The Hall–Kier alpha value is -2.82. The maximum Gasteiger partial charge on any atom is 0.251 e. The standard InChI is InChI=1S/C23H25N3O2/c1-14-23(28)25(2)20-12-8-16(13-21(20)26(14)17-9-10-17)22(27)24-19-11-7-15-5-3-4-6-18(15)19/h3-6,8,12-14,17,19H,7,9-11H2,1-2H3,(H,24,27). The second kappa shape index (κ2) is 6.36. The molecule has 0 radical (unpaired) electrons. The summed E-state index contributed by atoms with van der Waals surface area (Å²) in [4.78, 5) is 29.5. The van der Waals surface area contributed by atoms with Crippen LogP contribution in [0, 0.1) is 0 Å². The van der Waals surface area contributed by atoms with E-state index in [4.69, 9.17) is 0 Å². The largest absolute Gasteiger partial charge is 0.355 e. The number of nitrogens with one attached hydrogen (secondary N) is 1. The number of carbonyl (C=O) groups excluding carboxylic acids is 2. The summed E-state index contributed by atoms with van der Waals surface area (Å²) in [5.74, 6) is 0.0617. The maximum atomic E-state index is 13.0. The van der Waals surface area contributed by atoms with Crippen LogP contribution in [0.3, 0.4) is 0 Å². The zero-order chi connectivity index (χ0) is 19.4. The molecule has 0 aromatic heterocycles. The third-order valence-electron chi connectivity index (χ3n) is 6.36. The van der Waals surface area contributed by atoms with Crippen LogP contribution >= 0.6 is 0 Å². The zero-order valence-corrected chi connectivity index (χ0v) is 16.3. The van der Waals surface area contributed by atoms with E-state index in [0.29, 0.717) is 11.6 Å². The Labute approximate surface area is 165 Å². The first kappa shape index (κ1) is 17.3. The number of benzene rings is 2. The predicted molar refractivity (Wildman–Crippen MR) is 110 cm³/mol. The molecule has 2 aromatic carbocycles. The third-order valence-corrected chi connectivity index (χ3v) is 6.36. The van der Waals surface area contributed by atoms with E-state index in [9.17, 15) is 9.59 Å². The highest BCUT2D eigenvalue weighted by molar-refractivity contribution is 6.06. The second-order valence-electron chi connectivity index (χ2n) is 8.18. The summed E-state index contributed by atoms with van der Waals surface area (Å²) in [6.45, 7) is 1.96. The van der Waals surface area contributed by atoms with Gasteiger partial charge in [0.2, 0.25) is 5.91 Å². The Morgan fingerprint density at radius 2 is 1.86 bits per heavy atom. The van der Waals surface area contributed by atoms with E-state index in [2.05, 4.69) is 28.4 Å². The van der Waals surface area contributed by atoms with Gasteiger partial charge in [0.25, 0.3) is 5.91 Å². The fourth-order valence-electron chi connectivity index (χ4n) is 4.70. The maximum absolute atomic E-state index is 13.0. The highest BCUT2D eigenvalue weighted by Gasteiger charge is 2.41. The van der Waals surface area contributed by atoms with Gasteiger partial charge in [-0.3, -0.25) is 9.59 Å². The minimum absolute atomic E-state index is 0.0487. The van der Waals surface area contributed by atoms with Gasteiger partial charge in [0.05, 0.1) is 17.4 Å². The van der Waals surface area contributed by atoms with E-state index in [1.54, 1.807) is 4.90 Å². The Balaban J connectivity index is 1.44. The third kappa shape index (κ3) is 2.68. The molecule has 5 nitrogen and oxygen atoms in total. The van der Waals surface area contributed by atoms with E-state index in [-0.39, 0.29) is 23.9 Å². The summed E-state index contributed by atoms with van der Waals surface area (Å²) in [5, 5.41) is 3.21. The van der Waals surface area contributed by atoms with E-state index < -0.39 is 0 Å². The number of anilines is 2. The van der Waals surface area contributed by atoms with Gasteiger partial charge in [0.15, 0.2) is 0 Å². The predicted octanol–water partition coefficient (Wildman–Crippen LogP) is 3.44. The number of rotatable bonds is 3. The van der Waals surface area contributed by atoms with Gasteiger partial charge in [-0.2, -0.15) is 0 Å². The molecule has 0 saturated heterocycles. The SMILES string of the molecule is CC1C(=O)N(C)c2ccc(C(=O)NC3CCc4ccccc43)cc2N1C1CC1. The molecule has 5 rings (SSSR count). The molecule has 1 heterocycles. The molecule has 1 aliphatic heterocycles. The van der Waals surface area contributed by atoms with Crippen LogP contribution in [0.2, 0.25) is 0 Å². The molecule has 2 aromatic rings. The van der Waals surface area contributed by atoms with Crippen molar-refractivity contribution in [3.63, 3.8) is 0 Å². The summed E-state index contributed by atoms with van der Waals surface area (Å²) >= 11 is 0. The van der Waals surface area contributed by atoms with Gasteiger partial charge in [0.1, 0.15) is 6.04 Å². The Kier molecular flexibility index (Phi) is 3.93. The van der Waals surface area contributed by atoms with Crippen molar-refractivity contribution in [2.24, 2.45) is 0 Å². The average molecular weight is 375 g/mol. The number of fused-ring (bicyclic) bond motifs is 2. The lowest BCUT2D eigenvalue weighted by Crippen LogP contribution is -2.51. The molecular weight excluding hydrogens is 350 g/mol. The van der Waals surface area contributed by atoms with Gasteiger partial charge in [-0.15, -0.1) is 0 Å². The smallest absolute Gasteiger partial charge is 0.251 e. The molecule has 3 aliphatic rings. The zero-order valence-electron chi connectivity index (χ0n) is 16.3. The lowest BCUT2D eigenvalue weighted by atomic mass is 10.0. The average Bonchev–Trinajstić information content (AvgIpc) is 3.47. The fraction of sp³-hybridized carbons (Fsp3) is 0.391. The van der Waals surface area contributed by atoms with Gasteiger partial charge in [-0.1, -0.05) is 24.3 Å². The molecule has 1 saturated carbocycles. The Bertz CT molecular complexity index is 966. The summed E-state index contributed by atoms with van der Waals surface area (Å²) < 4.78 is 0. The molecule has 2 aliphatic carbocycles. The van der Waals surface area contributed by atoms with Gasteiger partial charge in [-0.25, -0.2) is 0 Å². The van der Waals surface area contributed by atoms with Crippen molar-refractivity contribution in [3.8, 4) is 0 Å². The first-order valence-electron chi connectivity index (χ1n) is 10.1. The minimum atomic E-state index is -0.190. The number of hydrogen-bond donors (Lipinski definition) is 1. The van der Waals surface area contributed by atoms with Crippen LogP contribution in [-0.4, -0.2) is 30.9 Å². The number of hydrogen-bond acceptors (Lipinski definition) is 3. The number of nitrogens with zero attached hydrogens (tertiary/aromatic N) is 2. The number of likely N-dealkylation sites (N-methyl/N-ethyl adjacent to an activating group) is 1. The van der Waals surface area contributed by atoms with Crippen molar-refractivity contribution >= 4 is 23.2 Å². The monoisotopic (exact) mass is 375 g/mol. The van der Waals surface area contributed by atoms with Crippen LogP contribution in [-0.2, 0) is 11.2 Å². The summed E-state index contributed by atoms with van der Waals surface area (Å²) in [6.07, 6.45) is 4.16. The van der Waals surface area contributed by atoms with Crippen LogP contribution in [0.5, 0.6) is 0 Å². The van der Waals surface area contributed by atoms with Gasteiger partial charge in [-0.05, 0) is 61.9 Å². The summed E-state index contributed by atoms with van der Waals surface area (Å²) in [7, 11) is 1.82. The summed E-state index contributed by atoms with van der Waals surface area (Å²) in [6, 6.07) is 14.3. The summed E-state index contributed by atoms with van der Waals surface area (Å²) in [5.41, 5.74) is 5.09. The number of amides is 2. The van der Waals surface area contributed by atoms with Crippen LogP contribution in [0.4, 0.5) is 11.4 Å². The van der Waals surface area contributed by atoms with E-state index in [0.717, 1.165) is 37.1 Å². The van der Waals surface area contributed by atoms with E-state index >= 15 is 0 Å². The Morgan fingerprint density at radius 3 is 2.64 bits per heavy atom. The van der Waals surface area contributed by atoms with Crippen molar-refractivity contribution in [1.82, 2.24) is 5.32 Å². The van der Waals surface area contributed by atoms with Crippen molar-refractivity contribution in [2.45, 2.75) is 50.7 Å².